The average molecular weight is 289 g/mol. The molecule has 0 saturated carbocycles. The third kappa shape index (κ3) is 4.61. The first-order valence-corrected chi connectivity index (χ1v) is 7.24. The minimum Gasteiger partial charge on any atom is -0.383 e. The van der Waals surface area contributed by atoms with Crippen LogP contribution in [0.15, 0.2) is 24.3 Å². The van der Waals surface area contributed by atoms with Crippen LogP contribution in [0.5, 0.6) is 0 Å². The van der Waals surface area contributed by atoms with E-state index in [2.05, 4.69) is 59.0 Å². The second kappa shape index (κ2) is 7.85. The van der Waals surface area contributed by atoms with Crippen LogP contribution < -0.4 is 5.32 Å². The number of benzene rings is 1. The summed E-state index contributed by atoms with van der Waals surface area (Å²) in [7, 11) is 1.69. The fraction of sp³-hybridized carbons (Fsp3) is 0.533. The number of nitrogens with zero attached hydrogens (tertiary/aromatic N) is 4. The summed E-state index contributed by atoms with van der Waals surface area (Å²) in [6.45, 7) is 7.18. The number of nitrogens with one attached hydrogen (secondary N) is 1. The number of aromatic nitrogens is 4. The quantitative estimate of drug-likeness (QED) is 0.747. The maximum absolute atomic E-state index is 5.00. The van der Waals surface area contributed by atoms with E-state index in [1.54, 1.807) is 7.11 Å². The Labute approximate surface area is 125 Å². The number of tetrazole rings is 1. The van der Waals surface area contributed by atoms with Gasteiger partial charge in [0.15, 0.2) is 5.82 Å². The van der Waals surface area contributed by atoms with Crippen molar-refractivity contribution < 1.29 is 4.74 Å². The highest BCUT2D eigenvalue weighted by Gasteiger charge is 2.06. The van der Waals surface area contributed by atoms with Gasteiger partial charge >= 0.3 is 0 Å². The molecule has 6 nitrogen and oxygen atoms in total. The van der Waals surface area contributed by atoms with Crippen molar-refractivity contribution in [2.45, 2.75) is 32.9 Å². The lowest BCUT2D eigenvalue weighted by Crippen LogP contribution is -2.21. The van der Waals surface area contributed by atoms with E-state index in [0.717, 1.165) is 12.4 Å². The van der Waals surface area contributed by atoms with Crippen molar-refractivity contribution in [3.8, 4) is 0 Å². The molecule has 0 amide bonds. The Bertz CT molecular complexity index is 535. The molecule has 0 atom stereocenters. The van der Waals surface area contributed by atoms with Gasteiger partial charge in [-0.05, 0) is 27.5 Å². The number of hydrogen-bond acceptors (Lipinski definition) is 5. The molecule has 0 fully saturated rings. The van der Waals surface area contributed by atoms with Crippen molar-refractivity contribution in [1.29, 1.82) is 0 Å². The molecular formula is C15H23N5O. The van der Waals surface area contributed by atoms with Gasteiger partial charge in [0.1, 0.15) is 0 Å². The van der Waals surface area contributed by atoms with Crippen LogP contribution in [0, 0.1) is 0 Å². The van der Waals surface area contributed by atoms with Crippen molar-refractivity contribution in [2.24, 2.45) is 0 Å². The van der Waals surface area contributed by atoms with Crippen LogP contribution in [0.2, 0.25) is 0 Å². The monoisotopic (exact) mass is 289 g/mol. The Kier molecular flexibility index (Phi) is 5.83. The summed E-state index contributed by atoms with van der Waals surface area (Å²) in [5.41, 5.74) is 2.54. The third-order valence-electron chi connectivity index (χ3n) is 3.35. The Morgan fingerprint density at radius 3 is 2.67 bits per heavy atom. The van der Waals surface area contributed by atoms with Gasteiger partial charge in [-0.2, -0.15) is 0 Å². The van der Waals surface area contributed by atoms with Crippen LogP contribution >= 0.6 is 0 Å². The molecule has 2 aromatic rings. The van der Waals surface area contributed by atoms with Crippen LogP contribution in [0.1, 0.15) is 36.7 Å². The highest BCUT2D eigenvalue weighted by atomic mass is 16.5. The van der Waals surface area contributed by atoms with Crippen molar-refractivity contribution >= 4 is 0 Å². The lowest BCUT2D eigenvalue weighted by molar-refractivity contribution is 0.198. The number of hydrogen-bond donors (Lipinski definition) is 1. The summed E-state index contributed by atoms with van der Waals surface area (Å²) >= 11 is 0. The van der Waals surface area contributed by atoms with Gasteiger partial charge in [-0.3, -0.25) is 0 Å². The molecule has 1 N–H and O–H groups in total. The van der Waals surface area contributed by atoms with E-state index in [-0.39, 0.29) is 0 Å². The van der Waals surface area contributed by atoms with Gasteiger partial charge < -0.3 is 10.1 Å². The van der Waals surface area contributed by atoms with E-state index in [1.807, 2.05) is 4.68 Å². The molecule has 0 saturated heterocycles. The predicted octanol–water partition coefficient (Wildman–Crippen LogP) is 1.58. The molecule has 0 aliphatic carbocycles. The topological polar surface area (TPSA) is 64.9 Å². The summed E-state index contributed by atoms with van der Waals surface area (Å²) < 4.78 is 6.82. The van der Waals surface area contributed by atoms with Crippen molar-refractivity contribution in [3.63, 3.8) is 0 Å². The van der Waals surface area contributed by atoms with Crippen LogP contribution in [0.3, 0.4) is 0 Å². The minimum atomic E-state index is 0.549. The standard InChI is InChI=1S/C15H23N5O/c1-12(2)14-6-4-13(5-7-14)11-20-15(17-18-19-20)10-16-8-9-21-3/h4-7,12,16H,8-11H2,1-3H3. The van der Waals surface area contributed by atoms with Crippen LogP contribution in [-0.2, 0) is 17.8 Å². The van der Waals surface area contributed by atoms with Gasteiger partial charge in [-0.1, -0.05) is 38.1 Å². The number of ether oxygens (including phenoxy) is 1. The molecule has 0 aliphatic heterocycles. The Balaban J connectivity index is 1.95. The summed E-state index contributed by atoms with van der Waals surface area (Å²) in [6.07, 6.45) is 0. The second-order valence-electron chi connectivity index (χ2n) is 5.32. The van der Waals surface area contributed by atoms with Gasteiger partial charge in [-0.15, -0.1) is 5.10 Å². The van der Waals surface area contributed by atoms with E-state index in [0.29, 0.717) is 25.6 Å². The molecule has 1 aromatic carbocycles. The average Bonchev–Trinajstić information content (AvgIpc) is 2.91. The molecule has 1 heterocycles. The molecule has 0 aliphatic rings. The first-order chi connectivity index (χ1) is 10.2. The molecule has 0 unspecified atom stereocenters. The molecule has 114 valence electrons. The lowest BCUT2D eigenvalue weighted by Gasteiger charge is -2.08. The SMILES string of the molecule is COCCNCc1nnnn1Cc1ccc(C(C)C)cc1. The fourth-order valence-electron chi connectivity index (χ4n) is 2.03. The summed E-state index contributed by atoms with van der Waals surface area (Å²) in [5, 5.41) is 15.1. The zero-order valence-corrected chi connectivity index (χ0v) is 12.9. The molecule has 1 aromatic heterocycles. The lowest BCUT2D eigenvalue weighted by atomic mass is 10.0. The van der Waals surface area contributed by atoms with Gasteiger partial charge in [-0.25, -0.2) is 4.68 Å². The van der Waals surface area contributed by atoms with E-state index >= 15 is 0 Å². The Morgan fingerprint density at radius 1 is 1.24 bits per heavy atom. The second-order valence-corrected chi connectivity index (χ2v) is 5.32. The molecule has 6 heteroatoms. The highest BCUT2D eigenvalue weighted by Crippen LogP contribution is 2.15. The number of rotatable bonds is 8. The zero-order valence-electron chi connectivity index (χ0n) is 12.9. The largest absolute Gasteiger partial charge is 0.383 e. The number of methoxy groups -OCH3 is 1. The van der Waals surface area contributed by atoms with E-state index < -0.39 is 0 Å². The van der Waals surface area contributed by atoms with E-state index in [9.17, 15) is 0 Å². The maximum atomic E-state index is 5.00. The smallest absolute Gasteiger partial charge is 0.165 e. The molecular weight excluding hydrogens is 266 g/mol. The first kappa shape index (κ1) is 15.6. The molecule has 2 rings (SSSR count). The zero-order chi connectivity index (χ0) is 15.1. The van der Waals surface area contributed by atoms with Crippen LogP contribution in [0.4, 0.5) is 0 Å². The Hall–Kier alpha value is -1.79. The molecule has 21 heavy (non-hydrogen) atoms. The predicted molar refractivity (Wildman–Crippen MR) is 81.0 cm³/mol. The molecule has 0 radical (unpaired) electrons. The maximum Gasteiger partial charge on any atom is 0.165 e. The molecule has 0 bridgehead atoms. The summed E-state index contributed by atoms with van der Waals surface area (Å²) in [5.74, 6) is 1.38. The van der Waals surface area contributed by atoms with Crippen LogP contribution in [0.25, 0.3) is 0 Å². The Morgan fingerprint density at radius 2 is 2.00 bits per heavy atom. The van der Waals surface area contributed by atoms with Crippen molar-refractivity contribution in [2.75, 3.05) is 20.3 Å². The van der Waals surface area contributed by atoms with Gasteiger partial charge in [0.25, 0.3) is 0 Å². The summed E-state index contributed by atoms with van der Waals surface area (Å²) in [4.78, 5) is 0. The van der Waals surface area contributed by atoms with Crippen molar-refractivity contribution in [1.82, 2.24) is 25.5 Å². The van der Waals surface area contributed by atoms with E-state index in [1.165, 1.54) is 11.1 Å². The van der Waals surface area contributed by atoms with Gasteiger partial charge in [0.05, 0.1) is 19.7 Å². The first-order valence-electron chi connectivity index (χ1n) is 7.24. The third-order valence-corrected chi connectivity index (χ3v) is 3.35. The molecule has 0 spiro atoms. The van der Waals surface area contributed by atoms with E-state index in [4.69, 9.17) is 4.74 Å². The minimum absolute atomic E-state index is 0.549. The fourth-order valence-corrected chi connectivity index (χ4v) is 2.03. The van der Waals surface area contributed by atoms with Gasteiger partial charge in [0, 0.05) is 13.7 Å². The van der Waals surface area contributed by atoms with Crippen LogP contribution in [-0.4, -0.2) is 40.5 Å². The highest BCUT2D eigenvalue weighted by molar-refractivity contribution is 5.24. The van der Waals surface area contributed by atoms with Gasteiger partial charge in [0.2, 0.25) is 0 Å². The van der Waals surface area contributed by atoms with Crippen molar-refractivity contribution in [3.05, 3.63) is 41.2 Å². The normalized spacial score (nSPS) is 11.2. The summed E-state index contributed by atoms with van der Waals surface area (Å²) in [6, 6.07) is 8.61.